The van der Waals surface area contributed by atoms with Crippen LogP contribution in [0, 0.1) is 23.7 Å². The molecule has 0 atom stereocenters. The molecule has 4 aliphatic carbocycles. The Morgan fingerprint density at radius 3 is 0.438 bits per heavy atom. The van der Waals surface area contributed by atoms with Gasteiger partial charge in [0.05, 0.1) is 0 Å². The van der Waals surface area contributed by atoms with E-state index in [1.165, 1.54) is 51.4 Å². The maximum Gasteiger partial charge on any atom is -0.0443 e. The van der Waals surface area contributed by atoms with Crippen LogP contribution in [0.4, 0.5) is 0 Å². The van der Waals surface area contributed by atoms with Gasteiger partial charge in [-0.05, 0) is 23.7 Å². The Balaban J connectivity index is 0.000000107. The van der Waals surface area contributed by atoms with Crippen LogP contribution in [0.25, 0.3) is 0 Å². The summed E-state index contributed by atoms with van der Waals surface area (Å²) in [5.41, 5.74) is 0. The molecule has 4 rings (SSSR count). The van der Waals surface area contributed by atoms with Crippen LogP contribution in [0.2, 0.25) is 0 Å². The molecular formula is C16H32. The van der Waals surface area contributed by atoms with Crippen LogP contribution in [0.5, 0.6) is 0 Å². The molecule has 0 aromatic carbocycles. The van der Waals surface area contributed by atoms with Crippen molar-refractivity contribution in [1.82, 2.24) is 0 Å². The first-order valence-electron chi connectivity index (χ1n) is 7.58. The largest absolute Gasteiger partial charge is 0.0625 e. The molecule has 0 radical (unpaired) electrons. The molecule has 0 aromatic rings. The summed E-state index contributed by atoms with van der Waals surface area (Å²) in [4.78, 5) is 0. The van der Waals surface area contributed by atoms with Crippen LogP contribution >= 0.6 is 0 Å². The highest BCUT2D eigenvalue weighted by Crippen LogP contribution is 2.27. The van der Waals surface area contributed by atoms with Gasteiger partial charge in [0.2, 0.25) is 0 Å². The van der Waals surface area contributed by atoms with Crippen molar-refractivity contribution < 1.29 is 0 Å². The lowest BCUT2D eigenvalue weighted by Crippen LogP contribution is -1.42. The van der Waals surface area contributed by atoms with E-state index in [1.807, 2.05) is 0 Å². The molecule has 0 heteroatoms. The highest BCUT2D eigenvalue weighted by Gasteiger charge is 2.13. The van der Waals surface area contributed by atoms with Gasteiger partial charge >= 0.3 is 0 Å². The number of rotatable bonds is 0. The maximum absolute atomic E-state index is 2.28. The second kappa shape index (κ2) is 7.35. The topological polar surface area (TPSA) is 0 Å². The molecule has 0 N–H and O–H groups in total. The van der Waals surface area contributed by atoms with E-state index >= 15 is 0 Å². The first kappa shape index (κ1) is 14.1. The normalized spacial score (nSPS) is 26.2. The third-order valence-electron chi connectivity index (χ3n) is 3.46. The molecular weight excluding hydrogens is 192 g/mol. The van der Waals surface area contributed by atoms with Crippen LogP contribution in [0.1, 0.15) is 79.1 Å². The van der Waals surface area contributed by atoms with E-state index in [2.05, 4.69) is 27.7 Å². The Labute approximate surface area is 103 Å². The summed E-state index contributed by atoms with van der Waals surface area (Å²) in [6.07, 6.45) is 11.9. The minimum atomic E-state index is 1.08. The minimum absolute atomic E-state index is 1.08. The first-order chi connectivity index (χ1) is 7.58. The highest BCUT2D eigenvalue weighted by molar-refractivity contribution is 4.66. The molecule has 0 nitrogen and oxygen atoms in total. The van der Waals surface area contributed by atoms with E-state index < -0.39 is 0 Å². The van der Waals surface area contributed by atoms with Gasteiger partial charge in [-0.15, -0.1) is 0 Å². The molecule has 4 fully saturated rings. The van der Waals surface area contributed by atoms with Gasteiger partial charge in [0.25, 0.3) is 0 Å². The summed E-state index contributed by atoms with van der Waals surface area (Å²) < 4.78 is 0. The molecule has 0 heterocycles. The van der Waals surface area contributed by atoms with Gasteiger partial charge in [0.15, 0.2) is 0 Å². The summed E-state index contributed by atoms with van der Waals surface area (Å²) in [5, 5.41) is 0. The van der Waals surface area contributed by atoms with Crippen molar-refractivity contribution in [2.45, 2.75) is 79.1 Å². The van der Waals surface area contributed by atoms with Gasteiger partial charge in [-0.1, -0.05) is 79.1 Å². The van der Waals surface area contributed by atoms with Crippen molar-refractivity contribution in [3.05, 3.63) is 0 Å². The molecule has 0 amide bonds. The molecule has 0 aromatic heterocycles. The third kappa shape index (κ3) is 16.4. The zero-order valence-electron chi connectivity index (χ0n) is 12.0. The Morgan fingerprint density at radius 2 is 0.438 bits per heavy atom. The SMILES string of the molecule is CC1CC1.CC1CC1.CC1CC1.CC1CC1. The fourth-order valence-corrected chi connectivity index (χ4v) is 0.667. The van der Waals surface area contributed by atoms with Crippen molar-refractivity contribution in [2.24, 2.45) is 23.7 Å². The van der Waals surface area contributed by atoms with Gasteiger partial charge in [0, 0.05) is 0 Å². The Hall–Kier alpha value is 0. The van der Waals surface area contributed by atoms with Gasteiger partial charge < -0.3 is 0 Å². The fraction of sp³-hybridized carbons (Fsp3) is 1.00. The van der Waals surface area contributed by atoms with Crippen molar-refractivity contribution in [2.75, 3.05) is 0 Å². The molecule has 0 aliphatic heterocycles. The van der Waals surface area contributed by atoms with Crippen LogP contribution in [-0.2, 0) is 0 Å². The van der Waals surface area contributed by atoms with Gasteiger partial charge in [-0.25, -0.2) is 0 Å². The molecule has 4 aliphatic rings. The van der Waals surface area contributed by atoms with E-state index in [-0.39, 0.29) is 0 Å². The van der Waals surface area contributed by atoms with Crippen molar-refractivity contribution in [3.8, 4) is 0 Å². The zero-order valence-corrected chi connectivity index (χ0v) is 12.0. The lowest BCUT2D eigenvalue weighted by molar-refractivity contribution is 0.983. The quantitative estimate of drug-likeness (QED) is 0.497. The fourth-order valence-electron chi connectivity index (χ4n) is 0.667. The second-order valence-corrected chi connectivity index (χ2v) is 6.73. The van der Waals surface area contributed by atoms with Crippen LogP contribution in [-0.4, -0.2) is 0 Å². The van der Waals surface area contributed by atoms with Crippen molar-refractivity contribution in [1.29, 1.82) is 0 Å². The van der Waals surface area contributed by atoms with E-state index in [0.29, 0.717) is 0 Å². The summed E-state index contributed by atoms with van der Waals surface area (Å²) in [7, 11) is 0. The summed E-state index contributed by atoms with van der Waals surface area (Å²) in [5.74, 6) is 4.33. The summed E-state index contributed by atoms with van der Waals surface area (Å²) in [6.45, 7) is 9.11. The molecule has 0 spiro atoms. The summed E-state index contributed by atoms with van der Waals surface area (Å²) >= 11 is 0. The van der Waals surface area contributed by atoms with Crippen molar-refractivity contribution >= 4 is 0 Å². The van der Waals surface area contributed by atoms with Gasteiger partial charge in [-0.3, -0.25) is 0 Å². The molecule has 4 saturated carbocycles. The van der Waals surface area contributed by atoms with E-state index in [4.69, 9.17) is 0 Å². The average molecular weight is 224 g/mol. The zero-order chi connectivity index (χ0) is 12.0. The van der Waals surface area contributed by atoms with Crippen LogP contribution < -0.4 is 0 Å². The molecule has 16 heavy (non-hydrogen) atoms. The smallest absolute Gasteiger partial charge is 0.0443 e. The predicted octanol–water partition coefficient (Wildman–Crippen LogP) is 5.67. The Kier molecular flexibility index (Phi) is 6.46. The average Bonchev–Trinajstić information content (AvgIpc) is 3.05. The Morgan fingerprint density at radius 1 is 0.375 bits per heavy atom. The molecule has 0 bridgehead atoms. The number of hydrogen-bond acceptors (Lipinski definition) is 0. The van der Waals surface area contributed by atoms with E-state index in [0.717, 1.165) is 23.7 Å². The van der Waals surface area contributed by atoms with Crippen molar-refractivity contribution in [3.63, 3.8) is 0 Å². The molecule has 0 saturated heterocycles. The highest BCUT2D eigenvalue weighted by atomic mass is 14.2. The van der Waals surface area contributed by atoms with E-state index in [1.54, 1.807) is 0 Å². The summed E-state index contributed by atoms with van der Waals surface area (Å²) in [6, 6.07) is 0. The van der Waals surface area contributed by atoms with Crippen LogP contribution in [0.15, 0.2) is 0 Å². The standard InChI is InChI=1S/4C4H8/c4*1-4-2-3-4/h4*4H,2-3H2,1H3. The van der Waals surface area contributed by atoms with Gasteiger partial charge in [0.1, 0.15) is 0 Å². The third-order valence-corrected chi connectivity index (χ3v) is 3.46. The number of hydrogen-bond donors (Lipinski definition) is 0. The van der Waals surface area contributed by atoms with E-state index in [9.17, 15) is 0 Å². The van der Waals surface area contributed by atoms with Crippen LogP contribution in [0.3, 0.4) is 0 Å². The minimum Gasteiger partial charge on any atom is -0.0625 e. The first-order valence-corrected chi connectivity index (χ1v) is 7.58. The molecule has 0 unspecified atom stereocenters. The maximum atomic E-state index is 2.28. The second-order valence-electron chi connectivity index (χ2n) is 6.73. The predicted molar refractivity (Wildman–Crippen MR) is 73.6 cm³/mol. The monoisotopic (exact) mass is 224 g/mol. The van der Waals surface area contributed by atoms with Gasteiger partial charge in [-0.2, -0.15) is 0 Å². The lowest BCUT2D eigenvalue weighted by atomic mass is 10.5. The Bertz CT molecular complexity index is 117. The molecule has 96 valence electrons. The lowest BCUT2D eigenvalue weighted by Gasteiger charge is -1.53.